The number of nitrogens with zero attached hydrogens (tertiary/aromatic N) is 4. The maximum absolute atomic E-state index is 16.5. The van der Waals surface area contributed by atoms with E-state index >= 15 is 52.7 Å². The molecular weight excluding hydrogens is 1470 g/mol. The Kier molecular flexibility index (Phi) is 13.4. The molecule has 3 aromatic heterocycles. The Morgan fingerprint density at radius 2 is 0.383 bits per heavy atom. The maximum Gasteiger partial charge on any atom is 2.00 e. The van der Waals surface area contributed by atoms with Crippen LogP contribution in [0.2, 0.25) is 0 Å². The standard InChI is InChI=1S/C88H72F12N4.CO.Ru/c89-85(90,91)81-65-41-9-1-33(25-41)57(65)77(58-34-2-10-42(26-34)66(58)81)73-49-17-19-51(101-49)74(78-59-35-3-11-43(27-35)67(59)82(86(92,93)94)68-44-12-4-36(28-44)60(68)78)53-21-23-55(103-53)76(80-63-39-7-15-47(31-39)71(63)84(88(98,99)100)72-48-16-8-40(32-48)64(72)80)56-24-22-54(104-56)75(52-20-18-50(73)102-52)79-61-37-5-13-45(29-37)69(61)83(87(95,96)97)70-46-14-6-38(30-46)62(70)79;1-2;/h17-24,33-48H,1-16,25-32H2;;/q-2;;+2/t33-,34-,35-,36-,37-,38-,39-,40-,41+,42+,43+,44+,45+,46+,47+,48+;;/m0../s1. The largest absolute Gasteiger partial charge is 2.00 e. The molecule has 7 aromatic rings. The number of aromatic nitrogens is 4. The molecule has 18 aliphatic rings. The zero-order valence-electron chi connectivity index (χ0n) is 58.4. The monoisotopic (exact) mass is 1540 g/mol. The van der Waals surface area contributed by atoms with Crippen LogP contribution in [0.1, 0.15) is 383 Å². The van der Waals surface area contributed by atoms with Gasteiger partial charge < -0.3 is 9.97 Å². The van der Waals surface area contributed by atoms with Crippen molar-refractivity contribution in [3.05, 3.63) is 165 Å². The summed E-state index contributed by atoms with van der Waals surface area (Å²) in [7, 11) is 0. The van der Waals surface area contributed by atoms with E-state index in [4.69, 9.17) is 24.6 Å². The van der Waals surface area contributed by atoms with Crippen molar-refractivity contribution in [1.29, 1.82) is 0 Å². The summed E-state index contributed by atoms with van der Waals surface area (Å²) in [5, 5.41) is 0. The van der Waals surface area contributed by atoms with Gasteiger partial charge in [-0.1, -0.05) is 24.3 Å². The second-order valence-corrected chi connectivity index (χ2v) is 35.6. The molecule has 8 fully saturated rings. The fourth-order valence-corrected chi connectivity index (χ4v) is 28.6. The molecule has 4 aromatic carbocycles. The van der Waals surface area contributed by atoms with Gasteiger partial charge in [0.05, 0.1) is 45.0 Å². The summed E-state index contributed by atoms with van der Waals surface area (Å²) in [6, 6.07) is 7.82. The normalized spacial score (nSPS) is 30.9. The van der Waals surface area contributed by atoms with Crippen molar-refractivity contribution in [2.24, 2.45) is 0 Å². The number of hydrogen-bond donors (Lipinski definition) is 0. The van der Waals surface area contributed by atoms with E-state index in [2.05, 4.69) is 6.65 Å². The van der Waals surface area contributed by atoms with Crippen LogP contribution in [0.5, 0.6) is 0 Å². The molecule has 0 amide bonds. The van der Waals surface area contributed by atoms with Crippen LogP contribution in [0.4, 0.5) is 52.7 Å². The number of fused-ring (bicyclic) bond motifs is 48. The first-order chi connectivity index (χ1) is 51.1. The molecular formula is C89H72F12N4ORu. The van der Waals surface area contributed by atoms with Gasteiger partial charge in [-0.15, -0.1) is 22.1 Å². The van der Waals surface area contributed by atoms with Crippen molar-refractivity contribution >= 4 is 46.4 Å². The Bertz CT molecular complexity index is 4730. The van der Waals surface area contributed by atoms with Crippen LogP contribution >= 0.6 is 0 Å². The van der Waals surface area contributed by atoms with Gasteiger partial charge in [-0.05, 0) is 407 Å². The van der Waals surface area contributed by atoms with Crippen LogP contribution < -0.4 is 9.97 Å². The Morgan fingerprint density at radius 3 is 0.523 bits per heavy atom. The van der Waals surface area contributed by atoms with Gasteiger partial charge in [0.1, 0.15) is 0 Å². The van der Waals surface area contributed by atoms with E-state index in [0.29, 0.717) is 214 Å². The average Bonchev–Trinajstić information content (AvgIpc) is 1.56. The molecule has 0 unspecified atom stereocenters. The third-order valence-electron chi connectivity index (χ3n) is 31.4. The van der Waals surface area contributed by atoms with Gasteiger partial charge in [0.15, 0.2) is 0 Å². The van der Waals surface area contributed by atoms with E-state index in [1.54, 1.807) is 0 Å². The summed E-state index contributed by atoms with van der Waals surface area (Å²) in [6.07, 6.45) is 4.89. The second-order valence-electron chi connectivity index (χ2n) is 35.6. The Morgan fingerprint density at radius 1 is 0.243 bits per heavy atom. The number of rotatable bonds is 4. The number of benzene rings is 4. The van der Waals surface area contributed by atoms with Crippen LogP contribution in [-0.4, -0.2) is 9.97 Å². The van der Waals surface area contributed by atoms with Gasteiger partial charge in [0.2, 0.25) is 0 Å². The van der Waals surface area contributed by atoms with E-state index in [0.717, 1.165) is 118 Å². The topological polar surface area (TPSA) is 73.9 Å². The van der Waals surface area contributed by atoms with Crippen molar-refractivity contribution in [2.45, 2.75) is 273 Å². The minimum atomic E-state index is -4.62. The predicted octanol–water partition coefficient (Wildman–Crippen LogP) is 25.5. The molecule has 0 radical (unpaired) electrons. The van der Waals surface area contributed by atoms with Crippen molar-refractivity contribution < 1.29 is 76.8 Å². The fourth-order valence-electron chi connectivity index (χ4n) is 28.6. The first kappa shape index (κ1) is 65.9. The summed E-state index contributed by atoms with van der Waals surface area (Å²) in [6.45, 7) is 4.50. The summed E-state index contributed by atoms with van der Waals surface area (Å²) >= 11 is 0. The van der Waals surface area contributed by atoms with Crippen LogP contribution in [0.25, 0.3) is 90.9 Å². The average molecular weight is 1540 g/mol. The fraction of sp³-hybridized carbons (Fsp3) is 0.494. The van der Waals surface area contributed by atoms with Gasteiger partial charge in [0, 0.05) is 0 Å². The molecule has 24 bridgehead atoms. The molecule has 546 valence electrons. The van der Waals surface area contributed by atoms with Crippen LogP contribution in [-0.2, 0) is 48.8 Å². The number of halogens is 12. The molecule has 5 nitrogen and oxygen atoms in total. The van der Waals surface area contributed by atoms with Gasteiger partial charge in [-0.25, -0.2) is 9.97 Å². The van der Waals surface area contributed by atoms with E-state index in [1.165, 1.54) is 0 Å². The van der Waals surface area contributed by atoms with Crippen LogP contribution in [0, 0.1) is 6.65 Å². The molecule has 18 heteroatoms. The summed E-state index contributed by atoms with van der Waals surface area (Å²) in [5.41, 5.74) is 16.2. The van der Waals surface area contributed by atoms with Crippen LogP contribution in [0.3, 0.4) is 0 Å². The molecule has 5 heterocycles. The molecule has 25 rings (SSSR count). The zero-order valence-corrected chi connectivity index (χ0v) is 60.2. The van der Waals surface area contributed by atoms with Crippen molar-refractivity contribution in [3.8, 4) is 44.5 Å². The quantitative estimate of drug-likeness (QED) is 0.0762. The molecule has 16 atom stereocenters. The number of alkyl halides is 12. The predicted molar refractivity (Wildman–Crippen MR) is 377 cm³/mol. The molecule has 8 saturated carbocycles. The summed E-state index contributed by atoms with van der Waals surface area (Å²) in [4.78, 5) is 23.6. The molecule has 2 aliphatic heterocycles. The Balaban J connectivity index is 0.00000229. The van der Waals surface area contributed by atoms with E-state index in [9.17, 15) is 0 Å². The third-order valence-corrected chi connectivity index (χ3v) is 31.4. The third kappa shape index (κ3) is 8.40. The first-order valence-electron chi connectivity index (χ1n) is 39.6. The number of hydrogen-bond acceptors (Lipinski definition) is 2. The molecule has 16 aliphatic carbocycles. The van der Waals surface area contributed by atoms with Gasteiger partial charge >= 0.3 is 55.5 Å². The van der Waals surface area contributed by atoms with Gasteiger partial charge in [0.25, 0.3) is 0 Å². The molecule has 107 heavy (non-hydrogen) atoms. The van der Waals surface area contributed by atoms with E-state index in [1.807, 2.05) is 48.6 Å². The Labute approximate surface area is 622 Å². The van der Waals surface area contributed by atoms with Crippen molar-refractivity contribution in [2.75, 3.05) is 0 Å². The summed E-state index contributed by atoms with van der Waals surface area (Å²) in [5.74, 6) is -3.83. The molecule has 0 saturated heterocycles. The maximum atomic E-state index is 16.5. The Hall–Kier alpha value is -7.00. The summed E-state index contributed by atoms with van der Waals surface area (Å²) < 4.78 is 205. The van der Waals surface area contributed by atoms with Crippen molar-refractivity contribution in [3.63, 3.8) is 0 Å². The second kappa shape index (κ2) is 21.8. The zero-order chi connectivity index (χ0) is 71.5. The SMILES string of the molecule is FC(F)(F)c1c2c(c(-c3c4nc(c(-c5c6c(c(C(F)(F)F)c7c5[C@H]5CC[C@@H]7C5)[C@@H]5CC[C@H]6C5)c5ccc([n-]5)c(-c5c6c(c(C(F)(F)F)c7c5[C@H]5CC[C@@H]7C5)[C@@H]5CC[C@H]6C5)c5nc(c(-c6c7c(c(C(F)(F)F)c8c6[C@H]6CC[C@@H]8C6)[C@@H]6CC[C@H]7C6)c6ccc3[n-]6)C=C5)C=C4)c3c1[C@@H]1CC[C@H]3C1)[C@H]1CC[C@@H]2C1.[C-]#[O+].[Ru+2]. The van der Waals surface area contributed by atoms with Crippen molar-refractivity contribution in [1.82, 2.24) is 19.9 Å². The minimum Gasteiger partial charge on any atom is 2.00 e. The minimum absolute atomic E-state index is 0. The van der Waals surface area contributed by atoms with Gasteiger partial charge in [-0.3, -0.25) is 0 Å². The molecule has 0 spiro atoms. The molecule has 0 N–H and O–H groups in total. The van der Waals surface area contributed by atoms with E-state index < -0.39 is 47.0 Å². The smallest absolute Gasteiger partial charge is 2.00 e. The van der Waals surface area contributed by atoms with Gasteiger partial charge in [-0.2, -0.15) is 52.7 Å². The van der Waals surface area contributed by atoms with Crippen LogP contribution in [0.15, 0.2) is 24.3 Å². The van der Waals surface area contributed by atoms with E-state index in [-0.39, 0.29) is 114 Å². The first-order valence-corrected chi connectivity index (χ1v) is 39.6.